The van der Waals surface area contributed by atoms with Gasteiger partial charge in [0, 0.05) is 23.6 Å². The molecule has 1 aromatic carbocycles. The molecule has 0 radical (unpaired) electrons. The van der Waals surface area contributed by atoms with Gasteiger partial charge < -0.3 is 14.6 Å². The smallest absolute Gasteiger partial charge is 0.325 e. The van der Waals surface area contributed by atoms with E-state index in [0.717, 1.165) is 18.5 Å². The number of amides is 1. The maximum atomic E-state index is 12.0. The van der Waals surface area contributed by atoms with Crippen molar-refractivity contribution in [3.63, 3.8) is 0 Å². The van der Waals surface area contributed by atoms with Gasteiger partial charge in [-0.3, -0.25) is 9.59 Å². The number of benzene rings is 1. The number of ether oxygens (including phenoxy) is 1. The van der Waals surface area contributed by atoms with Crippen molar-refractivity contribution in [2.75, 3.05) is 13.2 Å². The third-order valence-corrected chi connectivity index (χ3v) is 3.19. The topological polar surface area (TPSA) is 60.3 Å². The number of unbranched alkanes of at least 4 members (excludes halogenated alkanes) is 1. The molecule has 5 heteroatoms. The second-order valence-electron chi connectivity index (χ2n) is 4.89. The average molecular weight is 300 g/mol. The molecule has 0 aliphatic carbocycles. The summed E-state index contributed by atoms with van der Waals surface area (Å²) in [6, 6.07) is 11.0. The second-order valence-corrected chi connectivity index (χ2v) is 4.89. The number of nitrogens with one attached hydrogen (secondary N) is 1. The number of hydrogen-bond donors (Lipinski definition) is 1. The molecule has 0 bridgehead atoms. The summed E-state index contributed by atoms with van der Waals surface area (Å²) >= 11 is 0. The molecule has 0 unspecified atom stereocenters. The Labute approximate surface area is 129 Å². The van der Waals surface area contributed by atoms with Crippen LogP contribution < -0.4 is 5.32 Å². The summed E-state index contributed by atoms with van der Waals surface area (Å²) in [5, 5.41) is 2.56. The van der Waals surface area contributed by atoms with Crippen molar-refractivity contribution in [3.8, 4) is 5.69 Å². The first-order valence-corrected chi connectivity index (χ1v) is 7.38. The Bertz CT molecular complexity index is 603. The van der Waals surface area contributed by atoms with E-state index in [4.69, 9.17) is 4.74 Å². The van der Waals surface area contributed by atoms with E-state index < -0.39 is 5.97 Å². The van der Waals surface area contributed by atoms with E-state index in [1.54, 1.807) is 12.1 Å². The van der Waals surface area contributed by atoms with Crippen molar-refractivity contribution in [1.82, 2.24) is 9.88 Å². The lowest BCUT2D eigenvalue weighted by Gasteiger charge is -2.07. The van der Waals surface area contributed by atoms with Gasteiger partial charge in [0.1, 0.15) is 6.54 Å². The zero-order valence-electron chi connectivity index (χ0n) is 12.6. The summed E-state index contributed by atoms with van der Waals surface area (Å²) < 4.78 is 6.93. The van der Waals surface area contributed by atoms with Crippen LogP contribution in [0.3, 0.4) is 0 Å². The molecule has 1 heterocycles. The van der Waals surface area contributed by atoms with Crippen LogP contribution in [0.4, 0.5) is 0 Å². The molecule has 2 rings (SSSR count). The van der Waals surface area contributed by atoms with E-state index >= 15 is 0 Å². The molecule has 0 spiro atoms. The van der Waals surface area contributed by atoms with Crippen molar-refractivity contribution in [2.45, 2.75) is 19.8 Å². The first-order valence-electron chi connectivity index (χ1n) is 7.38. The highest BCUT2D eigenvalue weighted by Gasteiger charge is 2.08. The summed E-state index contributed by atoms with van der Waals surface area (Å²) in [5.74, 6) is -0.697. The first-order chi connectivity index (χ1) is 10.7. The van der Waals surface area contributed by atoms with Gasteiger partial charge in [-0.15, -0.1) is 0 Å². The van der Waals surface area contributed by atoms with E-state index in [0.29, 0.717) is 12.2 Å². The summed E-state index contributed by atoms with van der Waals surface area (Å²) in [5.41, 5.74) is 1.48. The van der Waals surface area contributed by atoms with Gasteiger partial charge in [0.2, 0.25) is 0 Å². The molecule has 22 heavy (non-hydrogen) atoms. The van der Waals surface area contributed by atoms with Gasteiger partial charge in [0.15, 0.2) is 0 Å². The zero-order chi connectivity index (χ0) is 15.8. The predicted octanol–water partition coefficient (Wildman–Crippen LogP) is 2.55. The number of hydrogen-bond acceptors (Lipinski definition) is 3. The molecule has 1 amide bonds. The summed E-state index contributed by atoms with van der Waals surface area (Å²) in [6.45, 7) is 2.31. The fraction of sp³-hybridized carbons (Fsp3) is 0.294. The van der Waals surface area contributed by atoms with Gasteiger partial charge in [-0.2, -0.15) is 0 Å². The lowest BCUT2D eigenvalue weighted by Crippen LogP contribution is -2.30. The minimum atomic E-state index is -0.411. The van der Waals surface area contributed by atoms with Gasteiger partial charge in [0.05, 0.1) is 6.61 Å². The summed E-state index contributed by atoms with van der Waals surface area (Å²) in [7, 11) is 0. The second kappa shape index (κ2) is 8.02. The molecule has 2 aromatic rings. The van der Waals surface area contributed by atoms with E-state index in [9.17, 15) is 9.59 Å². The third-order valence-electron chi connectivity index (χ3n) is 3.19. The quantitative estimate of drug-likeness (QED) is 0.631. The summed E-state index contributed by atoms with van der Waals surface area (Å²) in [4.78, 5) is 23.4. The number of carbonyl (C=O) groups is 2. The van der Waals surface area contributed by atoms with Crippen molar-refractivity contribution >= 4 is 11.9 Å². The number of nitrogens with zero attached hydrogens (tertiary/aromatic N) is 1. The lowest BCUT2D eigenvalue weighted by atomic mass is 10.2. The maximum Gasteiger partial charge on any atom is 0.325 e. The maximum absolute atomic E-state index is 12.0. The van der Waals surface area contributed by atoms with Crippen molar-refractivity contribution in [1.29, 1.82) is 0 Å². The molecule has 0 saturated carbocycles. The highest BCUT2D eigenvalue weighted by Crippen LogP contribution is 2.09. The van der Waals surface area contributed by atoms with Gasteiger partial charge in [-0.25, -0.2) is 0 Å². The largest absolute Gasteiger partial charge is 0.464 e. The van der Waals surface area contributed by atoms with Gasteiger partial charge in [0.25, 0.3) is 5.91 Å². The van der Waals surface area contributed by atoms with Crippen LogP contribution in [0.25, 0.3) is 5.69 Å². The standard InChI is InChI=1S/C17H20N2O3/c1-2-3-12-22-16(20)13-18-17(21)14-6-8-15(9-7-14)19-10-4-5-11-19/h4-11H,2-3,12-13H2,1H3,(H,18,21). The van der Waals surface area contributed by atoms with Crippen LogP contribution in [-0.2, 0) is 9.53 Å². The molecule has 0 saturated heterocycles. The molecular weight excluding hydrogens is 280 g/mol. The van der Waals surface area contributed by atoms with Crippen LogP contribution in [-0.4, -0.2) is 29.6 Å². The Hall–Kier alpha value is -2.56. The molecule has 1 aromatic heterocycles. The minimum absolute atomic E-state index is 0.109. The molecule has 5 nitrogen and oxygen atoms in total. The Morgan fingerprint density at radius 2 is 1.82 bits per heavy atom. The fourth-order valence-corrected chi connectivity index (χ4v) is 1.93. The van der Waals surface area contributed by atoms with E-state index in [2.05, 4.69) is 5.32 Å². The Morgan fingerprint density at radius 3 is 2.45 bits per heavy atom. The Balaban J connectivity index is 1.84. The Morgan fingerprint density at radius 1 is 1.14 bits per heavy atom. The molecule has 0 aliphatic rings. The van der Waals surface area contributed by atoms with E-state index in [1.807, 2.05) is 48.1 Å². The average Bonchev–Trinajstić information content (AvgIpc) is 3.07. The van der Waals surface area contributed by atoms with Crippen molar-refractivity contribution < 1.29 is 14.3 Å². The lowest BCUT2D eigenvalue weighted by molar-refractivity contribution is -0.142. The number of carbonyl (C=O) groups excluding carboxylic acids is 2. The van der Waals surface area contributed by atoms with Crippen molar-refractivity contribution in [2.24, 2.45) is 0 Å². The SMILES string of the molecule is CCCCOC(=O)CNC(=O)c1ccc(-n2cccc2)cc1. The molecular formula is C17H20N2O3. The molecule has 0 fully saturated rings. The highest BCUT2D eigenvalue weighted by molar-refractivity contribution is 5.96. The zero-order valence-corrected chi connectivity index (χ0v) is 12.6. The van der Waals surface area contributed by atoms with Crippen LogP contribution >= 0.6 is 0 Å². The van der Waals surface area contributed by atoms with Crippen LogP contribution in [0.5, 0.6) is 0 Å². The summed E-state index contributed by atoms with van der Waals surface area (Å²) in [6.07, 6.45) is 5.66. The molecule has 0 aliphatic heterocycles. The predicted molar refractivity (Wildman–Crippen MR) is 84.0 cm³/mol. The molecule has 116 valence electrons. The van der Waals surface area contributed by atoms with E-state index in [-0.39, 0.29) is 12.5 Å². The first kappa shape index (κ1) is 15.8. The minimum Gasteiger partial charge on any atom is -0.464 e. The van der Waals surface area contributed by atoms with Crippen LogP contribution in [0, 0.1) is 0 Å². The van der Waals surface area contributed by atoms with Crippen molar-refractivity contribution in [3.05, 3.63) is 54.4 Å². The van der Waals surface area contributed by atoms with Crippen LogP contribution in [0.15, 0.2) is 48.8 Å². The van der Waals surface area contributed by atoms with E-state index in [1.165, 1.54) is 0 Å². The van der Waals surface area contributed by atoms with Gasteiger partial charge in [-0.1, -0.05) is 13.3 Å². The normalized spacial score (nSPS) is 10.2. The number of rotatable bonds is 7. The Kier molecular flexibility index (Phi) is 5.77. The molecule has 0 atom stereocenters. The van der Waals surface area contributed by atoms with Crippen LogP contribution in [0.2, 0.25) is 0 Å². The van der Waals surface area contributed by atoms with Gasteiger partial charge >= 0.3 is 5.97 Å². The molecule has 1 N–H and O–H groups in total. The fourth-order valence-electron chi connectivity index (χ4n) is 1.93. The third kappa shape index (κ3) is 4.48. The van der Waals surface area contributed by atoms with Crippen LogP contribution in [0.1, 0.15) is 30.1 Å². The highest BCUT2D eigenvalue weighted by atomic mass is 16.5. The number of aromatic nitrogens is 1. The monoisotopic (exact) mass is 300 g/mol. The number of esters is 1. The van der Waals surface area contributed by atoms with Gasteiger partial charge in [-0.05, 0) is 42.8 Å².